The predicted octanol–water partition coefficient (Wildman–Crippen LogP) is 1.09. The van der Waals surface area contributed by atoms with E-state index in [1.54, 1.807) is 30.9 Å². The Hall–Kier alpha value is -3.97. The van der Waals surface area contributed by atoms with Crippen molar-refractivity contribution in [2.24, 2.45) is 12.8 Å². The summed E-state index contributed by atoms with van der Waals surface area (Å²) in [5.74, 6) is 6.42. The average molecular weight is 461 g/mol. The molecule has 0 unspecified atom stereocenters. The molecule has 0 spiro atoms. The first-order valence-corrected chi connectivity index (χ1v) is 10.9. The van der Waals surface area contributed by atoms with E-state index in [1.165, 1.54) is 9.13 Å². The van der Waals surface area contributed by atoms with Gasteiger partial charge < -0.3 is 10.6 Å². The van der Waals surface area contributed by atoms with Gasteiger partial charge in [0.25, 0.3) is 5.56 Å². The van der Waals surface area contributed by atoms with Gasteiger partial charge in [0.15, 0.2) is 11.2 Å². The second-order valence-corrected chi connectivity index (χ2v) is 9.05. The Morgan fingerprint density at radius 1 is 1.12 bits per heavy atom. The maximum absolute atomic E-state index is 13.6. The number of anilines is 1. The number of nitrogens with two attached hydrogens (primary N) is 1. The Labute approximate surface area is 196 Å². The number of fused-ring (bicyclic) bond motifs is 2. The van der Waals surface area contributed by atoms with Gasteiger partial charge in [-0.25, -0.2) is 4.79 Å². The molecule has 0 saturated carbocycles. The van der Waals surface area contributed by atoms with Gasteiger partial charge in [0.1, 0.15) is 0 Å². The van der Waals surface area contributed by atoms with Gasteiger partial charge in [0, 0.05) is 38.6 Å². The lowest BCUT2D eigenvalue weighted by Crippen LogP contribution is -2.44. The molecule has 0 bridgehead atoms. The van der Waals surface area contributed by atoms with Crippen LogP contribution in [0.5, 0.6) is 0 Å². The maximum atomic E-state index is 13.6. The van der Waals surface area contributed by atoms with Crippen molar-refractivity contribution in [2.45, 2.75) is 39.4 Å². The zero-order valence-corrected chi connectivity index (χ0v) is 20.0. The van der Waals surface area contributed by atoms with Gasteiger partial charge in [0.2, 0.25) is 5.95 Å². The van der Waals surface area contributed by atoms with E-state index in [1.807, 2.05) is 44.0 Å². The summed E-state index contributed by atoms with van der Waals surface area (Å²) in [6.07, 6.45) is 3.23. The first-order chi connectivity index (χ1) is 16.1. The van der Waals surface area contributed by atoms with Crippen LogP contribution in [0.2, 0.25) is 0 Å². The number of likely N-dealkylation sites (N-methyl/N-ethyl adjacent to an activating group) is 1. The average Bonchev–Trinajstić information content (AvgIpc) is 3.18. The molecular weight excluding hydrogens is 432 g/mol. The van der Waals surface area contributed by atoms with Gasteiger partial charge in [-0.2, -0.15) is 4.98 Å². The Morgan fingerprint density at radius 2 is 1.82 bits per heavy atom. The molecule has 34 heavy (non-hydrogen) atoms. The highest BCUT2D eigenvalue weighted by Gasteiger charge is 2.24. The van der Waals surface area contributed by atoms with Crippen molar-refractivity contribution in [3.63, 3.8) is 0 Å². The Bertz CT molecular complexity index is 1560. The SMILES string of the molecule is CC#CCn1c(N(C)CC(C)(C)N)nc2c1c(=O)n(Cc1ccc3nccnc3c1)c(=O)n2C. The molecule has 0 radical (unpaired) electrons. The summed E-state index contributed by atoms with van der Waals surface area (Å²) >= 11 is 0. The first kappa shape index (κ1) is 23.2. The molecule has 0 aliphatic heterocycles. The Morgan fingerprint density at radius 3 is 2.50 bits per heavy atom. The lowest BCUT2D eigenvalue weighted by atomic mass is 10.1. The number of benzene rings is 1. The van der Waals surface area contributed by atoms with Crippen LogP contribution in [0.4, 0.5) is 5.95 Å². The zero-order valence-electron chi connectivity index (χ0n) is 20.0. The third kappa shape index (κ3) is 4.30. The van der Waals surface area contributed by atoms with Crippen LogP contribution >= 0.6 is 0 Å². The van der Waals surface area contributed by atoms with Crippen molar-refractivity contribution in [3.05, 3.63) is 57.0 Å². The quantitative estimate of drug-likeness (QED) is 0.428. The third-order valence-corrected chi connectivity index (χ3v) is 5.49. The van der Waals surface area contributed by atoms with Crippen LogP contribution in [0.1, 0.15) is 26.3 Å². The van der Waals surface area contributed by atoms with E-state index in [0.717, 1.165) is 11.1 Å². The Balaban J connectivity index is 1.90. The van der Waals surface area contributed by atoms with Crippen LogP contribution in [0.15, 0.2) is 40.2 Å². The highest BCUT2D eigenvalue weighted by molar-refractivity contribution is 5.75. The molecule has 1 aromatic carbocycles. The van der Waals surface area contributed by atoms with E-state index in [9.17, 15) is 9.59 Å². The molecule has 0 amide bonds. The molecule has 0 aliphatic rings. The molecule has 10 heteroatoms. The van der Waals surface area contributed by atoms with Crippen molar-refractivity contribution in [1.29, 1.82) is 0 Å². The van der Waals surface area contributed by atoms with Crippen LogP contribution in [0.25, 0.3) is 22.2 Å². The molecule has 0 aliphatic carbocycles. The lowest BCUT2D eigenvalue weighted by Gasteiger charge is -2.27. The fourth-order valence-electron chi connectivity index (χ4n) is 4.07. The summed E-state index contributed by atoms with van der Waals surface area (Å²) in [6.45, 7) is 6.42. The van der Waals surface area contributed by atoms with Gasteiger partial charge in [-0.05, 0) is 38.5 Å². The molecule has 2 N–H and O–H groups in total. The normalized spacial score (nSPS) is 11.6. The van der Waals surface area contributed by atoms with Crippen molar-refractivity contribution in [2.75, 3.05) is 18.5 Å². The monoisotopic (exact) mass is 460 g/mol. The molecule has 4 rings (SSSR count). The van der Waals surface area contributed by atoms with E-state index < -0.39 is 16.8 Å². The van der Waals surface area contributed by atoms with Crippen LogP contribution in [0.3, 0.4) is 0 Å². The zero-order chi connectivity index (χ0) is 24.6. The van der Waals surface area contributed by atoms with Gasteiger partial charge in [-0.3, -0.25) is 28.5 Å². The standard InChI is InChI=1S/C24H28N8O2/c1-6-7-12-31-19-20(28-22(31)29(4)15-24(2,3)25)30(5)23(34)32(21(19)33)14-16-8-9-17-18(13-16)27-11-10-26-17/h8-11,13H,12,14-15,25H2,1-5H3. The van der Waals surface area contributed by atoms with E-state index >= 15 is 0 Å². The van der Waals surface area contributed by atoms with Crippen LogP contribution in [-0.2, 0) is 20.1 Å². The van der Waals surface area contributed by atoms with Crippen LogP contribution in [-0.4, -0.2) is 47.8 Å². The number of aryl methyl sites for hydroxylation is 1. The molecule has 0 saturated heterocycles. The van der Waals surface area contributed by atoms with Crippen LogP contribution in [0, 0.1) is 11.8 Å². The molecule has 0 atom stereocenters. The number of hydrogen-bond donors (Lipinski definition) is 1. The topological polar surface area (TPSA) is 117 Å². The van der Waals surface area contributed by atoms with Gasteiger partial charge in [0.05, 0.1) is 24.1 Å². The largest absolute Gasteiger partial charge is 0.343 e. The minimum atomic E-state index is -0.487. The van der Waals surface area contributed by atoms with E-state index in [0.29, 0.717) is 29.2 Å². The third-order valence-electron chi connectivity index (χ3n) is 5.49. The van der Waals surface area contributed by atoms with Gasteiger partial charge in [-0.1, -0.05) is 12.0 Å². The highest BCUT2D eigenvalue weighted by atomic mass is 16.2. The minimum absolute atomic E-state index is 0.0968. The molecule has 3 aromatic heterocycles. The van der Waals surface area contributed by atoms with Gasteiger partial charge in [-0.15, -0.1) is 5.92 Å². The lowest BCUT2D eigenvalue weighted by molar-refractivity contribution is 0.512. The summed E-state index contributed by atoms with van der Waals surface area (Å²) in [6, 6.07) is 5.50. The summed E-state index contributed by atoms with van der Waals surface area (Å²) in [7, 11) is 3.48. The number of imidazole rings is 1. The van der Waals surface area contributed by atoms with Crippen molar-refractivity contribution in [1.82, 2.24) is 28.7 Å². The van der Waals surface area contributed by atoms with Crippen molar-refractivity contribution in [3.8, 4) is 11.8 Å². The molecular formula is C24H28N8O2. The number of hydrogen-bond acceptors (Lipinski definition) is 7. The maximum Gasteiger partial charge on any atom is 0.332 e. The highest BCUT2D eigenvalue weighted by Crippen LogP contribution is 2.20. The van der Waals surface area contributed by atoms with Crippen molar-refractivity contribution >= 4 is 28.1 Å². The molecule has 3 heterocycles. The second-order valence-electron chi connectivity index (χ2n) is 9.05. The van der Waals surface area contributed by atoms with Gasteiger partial charge >= 0.3 is 5.69 Å². The molecule has 176 valence electrons. The van der Waals surface area contributed by atoms with E-state index in [2.05, 4.69) is 26.8 Å². The number of rotatable bonds is 6. The fraction of sp³-hybridized carbons (Fsp3) is 0.375. The minimum Gasteiger partial charge on any atom is -0.343 e. The molecule has 4 aromatic rings. The number of nitrogens with zero attached hydrogens (tertiary/aromatic N) is 7. The van der Waals surface area contributed by atoms with E-state index in [4.69, 9.17) is 5.73 Å². The Kier molecular flexibility index (Phi) is 5.98. The van der Waals surface area contributed by atoms with Crippen molar-refractivity contribution < 1.29 is 0 Å². The predicted molar refractivity (Wildman–Crippen MR) is 133 cm³/mol. The second kappa shape index (κ2) is 8.76. The fourth-order valence-corrected chi connectivity index (χ4v) is 4.07. The number of aromatic nitrogens is 6. The molecule has 0 fully saturated rings. The van der Waals surface area contributed by atoms with E-state index in [-0.39, 0.29) is 13.1 Å². The molecule has 10 nitrogen and oxygen atoms in total. The first-order valence-electron chi connectivity index (χ1n) is 10.9. The summed E-state index contributed by atoms with van der Waals surface area (Å²) in [5, 5.41) is 0. The summed E-state index contributed by atoms with van der Waals surface area (Å²) in [4.78, 5) is 42.0. The smallest absolute Gasteiger partial charge is 0.332 e. The van der Waals surface area contributed by atoms with Crippen LogP contribution < -0.4 is 21.9 Å². The summed E-state index contributed by atoms with van der Waals surface area (Å²) in [5.41, 5.74) is 7.70. The summed E-state index contributed by atoms with van der Waals surface area (Å²) < 4.78 is 4.37.